The van der Waals surface area contributed by atoms with Crippen molar-refractivity contribution in [3.05, 3.63) is 95.8 Å². The van der Waals surface area contributed by atoms with Gasteiger partial charge in [0.25, 0.3) is 5.78 Å². The first-order chi connectivity index (χ1) is 17.7. The van der Waals surface area contributed by atoms with Crippen molar-refractivity contribution in [2.75, 3.05) is 0 Å². The van der Waals surface area contributed by atoms with E-state index in [1.165, 1.54) is 5.56 Å². The van der Waals surface area contributed by atoms with Gasteiger partial charge < -0.3 is 5.32 Å². The minimum absolute atomic E-state index is 0.0282. The number of carbonyl (C=O) groups excluding carboxylic acids is 1. The summed E-state index contributed by atoms with van der Waals surface area (Å²) in [7, 11) is 0. The summed E-state index contributed by atoms with van der Waals surface area (Å²) in [6, 6.07) is 26.2. The first-order valence-corrected chi connectivity index (χ1v) is 12.1. The van der Waals surface area contributed by atoms with Crippen molar-refractivity contribution in [1.82, 2.24) is 34.5 Å². The Bertz CT molecular complexity index is 1680. The molecule has 8 heteroatoms. The fourth-order valence-electron chi connectivity index (χ4n) is 4.45. The van der Waals surface area contributed by atoms with Gasteiger partial charge in [-0.15, -0.1) is 15.3 Å². The molecular formula is C28H25N7O. The van der Waals surface area contributed by atoms with E-state index in [4.69, 9.17) is 10.1 Å². The molecule has 8 nitrogen and oxygen atoms in total. The number of aromatic nitrogens is 6. The van der Waals surface area contributed by atoms with Gasteiger partial charge in [-0.25, -0.2) is 4.98 Å². The van der Waals surface area contributed by atoms with E-state index >= 15 is 0 Å². The van der Waals surface area contributed by atoms with Gasteiger partial charge in [0.2, 0.25) is 5.91 Å². The number of para-hydroxylation sites is 1. The van der Waals surface area contributed by atoms with Crippen LogP contribution in [0.3, 0.4) is 0 Å². The predicted octanol–water partition coefficient (Wildman–Crippen LogP) is 4.54. The van der Waals surface area contributed by atoms with E-state index in [9.17, 15) is 4.79 Å². The highest BCUT2D eigenvalue weighted by Gasteiger charge is 2.18. The molecule has 3 heterocycles. The maximum absolute atomic E-state index is 12.4. The average Bonchev–Trinajstić information content (AvgIpc) is 3.54. The van der Waals surface area contributed by atoms with Crippen molar-refractivity contribution < 1.29 is 4.79 Å². The summed E-state index contributed by atoms with van der Waals surface area (Å²) in [6.07, 6.45) is 1.71. The molecule has 1 N–H and O–H groups in total. The first kappa shape index (κ1) is 21.9. The number of benzene rings is 3. The number of carbonyl (C=O) groups is 1. The van der Waals surface area contributed by atoms with Crippen molar-refractivity contribution in [3.63, 3.8) is 0 Å². The molecule has 0 radical (unpaired) electrons. The largest absolute Gasteiger partial charge is 0.352 e. The van der Waals surface area contributed by atoms with Crippen molar-refractivity contribution in [2.45, 2.75) is 32.7 Å². The molecule has 6 rings (SSSR count). The number of aryl methyl sites for hydroxylation is 2. The van der Waals surface area contributed by atoms with E-state index < -0.39 is 0 Å². The van der Waals surface area contributed by atoms with Crippen molar-refractivity contribution in [2.24, 2.45) is 0 Å². The van der Waals surface area contributed by atoms with E-state index in [1.807, 2.05) is 71.1 Å². The van der Waals surface area contributed by atoms with E-state index in [1.54, 1.807) is 4.52 Å². The van der Waals surface area contributed by atoms with Crippen LogP contribution in [0, 0.1) is 6.92 Å². The van der Waals surface area contributed by atoms with Crippen LogP contribution in [0.15, 0.2) is 78.9 Å². The van der Waals surface area contributed by atoms with Gasteiger partial charge >= 0.3 is 0 Å². The van der Waals surface area contributed by atoms with Gasteiger partial charge in [0.1, 0.15) is 5.82 Å². The lowest BCUT2D eigenvalue weighted by atomic mass is 10.1. The summed E-state index contributed by atoms with van der Waals surface area (Å²) in [5.74, 6) is 2.08. The fraction of sp³-hybridized carbons (Fsp3) is 0.179. The Morgan fingerprint density at radius 1 is 0.917 bits per heavy atom. The van der Waals surface area contributed by atoms with E-state index in [0.29, 0.717) is 37.4 Å². The molecule has 3 aromatic heterocycles. The summed E-state index contributed by atoms with van der Waals surface area (Å²) in [5.41, 5.74) is 4.95. The van der Waals surface area contributed by atoms with Crippen LogP contribution in [0.2, 0.25) is 0 Å². The molecule has 178 valence electrons. The molecule has 0 saturated heterocycles. The molecule has 3 aromatic carbocycles. The molecule has 36 heavy (non-hydrogen) atoms. The molecule has 0 spiro atoms. The van der Waals surface area contributed by atoms with Gasteiger partial charge in [0.15, 0.2) is 11.5 Å². The Morgan fingerprint density at radius 3 is 2.53 bits per heavy atom. The van der Waals surface area contributed by atoms with Crippen LogP contribution in [0.5, 0.6) is 0 Å². The van der Waals surface area contributed by atoms with Crippen molar-refractivity contribution in [1.29, 1.82) is 0 Å². The Kier molecular flexibility index (Phi) is 5.61. The third kappa shape index (κ3) is 4.07. The number of nitrogens with zero attached hydrogens (tertiary/aromatic N) is 6. The quantitative estimate of drug-likeness (QED) is 0.366. The topological polar surface area (TPSA) is 89.5 Å². The zero-order valence-corrected chi connectivity index (χ0v) is 19.9. The summed E-state index contributed by atoms with van der Waals surface area (Å²) in [4.78, 5) is 17.2. The summed E-state index contributed by atoms with van der Waals surface area (Å²) in [5, 5.41) is 17.7. The Hall–Kier alpha value is -4.59. The highest BCUT2D eigenvalue weighted by atomic mass is 16.1. The van der Waals surface area contributed by atoms with Crippen LogP contribution in [0.25, 0.3) is 33.7 Å². The fourth-order valence-corrected chi connectivity index (χ4v) is 4.45. The smallest absolute Gasteiger partial charge is 0.258 e. The maximum Gasteiger partial charge on any atom is 0.258 e. The molecular weight excluding hydrogens is 450 g/mol. The van der Waals surface area contributed by atoms with Crippen molar-refractivity contribution >= 4 is 28.2 Å². The van der Waals surface area contributed by atoms with Gasteiger partial charge in [-0.2, -0.15) is 4.52 Å². The van der Waals surface area contributed by atoms with Crippen LogP contribution in [-0.4, -0.2) is 35.1 Å². The van der Waals surface area contributed by atoms with Crippen LogP contribution in [0.4, 0.5) is 0 Å². The number of hydrogen-bond donors (Lipinski definition) is 1. The summed E-state index contributed by atoms with van der Waals surface area (Å²) >= 11 is 0. The van der Waals surface area contributed by atoms with E-state index in [0.717, 1.165) is 33.5 Å². The Morgan fingerprint density at radius 2 is 1.69 bits per heavy atom. The lowest BCUT2D eigenvalue weighted by Crippen LogP contribution is -2.22. The van der Waals surface area contributed by atoms with Crippen molar-refractivity contribution in [3.8, 4) is 11.4 Å². The van der Waals surface area contributed by atoms with Gasteiger partial charge in [0.05, 0.1) is 5.52 Å². The van der Waals surface area contributed by atoms with Crippen LogP contribution < -0.4 is 5.32 Å². The zero-order chi connectivity index (χ0) is 24.5. The SMILES string of the molecule is Cc1ccc(CNC(=O)CCCc2nnc3n4nc(-c5ccccc5)nc4c4ccccc4n23)cc1. The zero-order valence-electron chi connectivity index (χ0n) is 19.9. The average molecular weight is 476 g/mol. The van der Waals surface area contributed by atoms with Gasteiger partial charge in [-0.1, -0.05) is 72.3 Å². The third-order valence-corrected chi connectivity index (χ3v) is 6.34. The second-order valence-electron chi connectivity index (χ2n) is 8.92. The maximum atomic E-state index is 12.4. The normalized spacial score (nSPS) is 11.5. The van der Waals surface area contributed by atoms with Crippen LogP contribution in [-0.2, 0) is 17.8 Å². The molecule has 0 atom stereocenters. The lowest BCUT2D eigenvalue weighted by Gasteiger charge is -2.07. The summed E-state index contributed by atoms with van der Waals surface area (Å²) < 4.78 is 3.78. The highest BCUT2D eigenvalue weighted by Crippen LogP contribution is 2.25. The third-order valence-electron chi connectivity index (χ3n) is 6.34. The summed E-state index contributed by atoms with van der Waals surface area (Å²) in [6.45, 7) is 2.58. The number of amides is 1. The Balaban J connectivity index is 1.26. The Labute approximate surface area is 207 Å². The number of rotatable bonds is 7. The molecule has 0 bridgehead atoms. The monoisotopic (exact) mass is 475 g/mol. The molecule has 1 amide bonds. The first-order valence-electron chi connectivity index (χ1n) is 12.1. The van der Waals surface area contributed by atoms with Gasteiger partial charge in [-0.3, -0.25) is 9.20 Å². The molecule has 6 aromatic rings. The number of hydrogen-bond acceptors (Lipinski definition) is 5. The van der Waals surface area contributed by atoms with Crippen LogP contribution >= 0.6 is 0 Å². The standard InChI is InChI=1S/C28H25N7O/c1-19-14-16-20(17-15-19)18-29-25(36)13-7-12-24-31-32-28-34(24)23-11-6-5-10-22(23)27-30-26(33-35(27)28)21-8-3-2-4-9-21/h2-6,8-11,14-17H,7,12-13,18H2,1H3,(H,29,36). The molecule has 0 aliphatic rings. The van der Waals surface area contributed by atoms with E-state index in [2.05, 4.69) is 34.6 Å². The predicted molar refractivity (Wildman–Crippen MR) is 138 cm³/mol. The second kappa shape index (κ2) is 9.22. The van der Waals surface area contributed by atoms with E-state index in [-0.39, 0.29) is 5.91 Å². The molecule has 0 saturated carbocycles. The molecule has 0 fully saturated rings. The molecule has 0 unspecified atom stereocenters. The van der Waals surface area contributed by atoms with Gasteiger partial charge in [0, 0.05) is 30.3 Å². The second-order valence-corrected chi connectivity index (χ2v) is 8.92. The van der Waals surface area contributed by atoms with Crippen LogP contribution in [0.1, 0.15) is 29.8 Å². The number of nitrogens with one attached hydrogen (secondary N) is 1. The van der Waals surface area contributed by atoms with Gasteiger partial charge in [-0.05, 0) is 31.0 Å². The molecule has 0 aliphatic heterocycles. The minimum atomic E-state index is 0.0282. The lowest BCUT2D eigenvalue weighted by molar-refractivity contribution is -0.121. The number of fused-ring (bicyclic) bond motifs is 6. The highest BCUT2D eigenvalue weighted by molar-refractivity contribution is 5.94. The minimum Gasteiger partial charge on any atom is -0.352 e. The molecule has 0 aliphatic carbocycles.